The van der Waals surface area contributed by atoms with Crippen LogP contribution in [0.3, 0.4) is 0 Å². The number of hydrogen-bond acceptors (Lipinski definition) is 14. The van der Waals surface area contributed by atoms with Crippen LogP contribution in [0.5, 0.6) is 0 Å². The van der Waals surface area contributed by atoms with Crippen molar-refractivity contribution in [1.82, 2.24) is 5.32 Å². The highest BCUT2D eigenvalue weighted by Crippen LogP contribution is 2.37. The summed E-state index contributed by atoms with van der Waals surface area (Å²) in [5.74, 6) is -9.91. The van der Waals surface area contributed by atoms with Gasteiger partial charge in [-0.25, -0.2) is 9.18 Å². The van der Waals surface area contributed by atoms with E-state index in [2.05, 4.69) is 5.32 Å². The normalized spacial score (nSPS) is 24.0. The molecule has 1 aliphatic heterocycles. The van der Waals surface area contributed by atoms with Gasteiger partial charge in [0.25, 0.3) is 5.91 Å². The molecule has 1 aliphatic rings. The molecule has 1 saturated heterocycles. The van der Waals surface area contributed by atoms with Gasteiger partial charge in [0.05, 0.1) is 19.6 Å². The number of methoxy groups -OCH3 is 1. The second-order valence-electron chi connectivity index (χ2n) is 8.02. The van der Waals surface area contributed by atoms with Crippen molar-refractivity contribution in [1.29, 1.82) is 0 Å². The quantitative estimate of drug-likeness (QED) is 0.243. The van der Waals surface area contributed by atoms with Gasteiger partial charge in [-0.1, -0.05) is 0 Å². The Kier molecular flexibility index (Phi) is 12.0. The van der Waals surface area contributed by atoms with E-state index in [0.717, 1.165) is 41.7 Å². The highest BCUT2D eigenvalue weighted by Gasteiger charge is 2.60. The number of halogens is 1. The van der Waals surface area contributed by atoms with Crippen molar-refractivity contribution >= 4 is 41.7 Å². The Morgan fingerprint density at radius 3 is 1.97 bits per heavy atom. The number of carbonyl (C=O) groups excluding carboxylic acids is 7. The third-order valence-electron chi connectivity index (χ3n) is 4.88. The molecule has 1 heterocycles. The molecule has 0 spiro atoms. The van der Waals surface area contributed by atoms with Crippen LogP contribution in [-0.4, -0.2) is 98.4 Å². The molecule has 16 heteroatoms. The number of alkyl halides is 1. The zero-order chi connectivity index (χ0) is 29.2. The van der Waals surface area contributed by atoms with Gasteiger partial charge in [-0.05, 0) is 0 Å². The molecule has 214 valence electrons. The van der Waals surface area contributed by atoms with Crippen molar-refractivity contribution in [2.75, 3.05) is 20.4 Å². The minimum atomic E-state index is -2.64. The van der Waals surface area contributed by atoms with E-state index in [1.54, 1.807) is 0 Å². The van der Waals surface area contributed by atoms with Gasteiger partial charge in [0.2, 0.25) is 0 Å². The first-order chi connectivity index (χ1) is 17.6. The van der Waals surface area contributed by atoms with Crippen LogP contribution in [0.4, 0.5) is 4.39 Å². The van der Waals surface area contributed by atoms with Crippen LogP contribution in [0.15, 0.2) is 0 Å². The number of carbonyl (C=O) groups is 7. The Morgan fingerprint density at radius 2 is 1.53 bits per heavy atom. The lowest BCUT2D eigenvalue weighted by Crippen LogP contribution is -2.69. The van der Waals surface area contributed by atoms with Gasteiger partial charge < -0.3 is 38.5 Å². The molecule has 1 amide bonds. The second kappa shape index (κ2) is 14.2. The number of hydrogen-bond donors (Lipinski definition) is 1. The van der Waals surface area contributed by atoms with E-state index < -0.39 is 97.7 Å². The third kappa shape index (κ3) is 9.24. The van der Waals surface area contributed by atoms with Gasteiger partial charge in [0.1, 0.15) is 18.8 Å². The van der Waals surface area contributed by atoms with E-state index in [4.69, 9.17) is 33.2 Å². The predicted octanol–water partition coefficient (Wildman–Crippen LogP) is -0.980. The van der Waals surface area contributed by atoms with Crippen molar-refractivity contribution in [3.05, 3.63) is 0 Å². The van der Waals surface area contributed by atoms with Crippen LogP contribution in [0.2, 0.25) is 0 Å². The standard InChI is InChI=1S/C22H30FNO14/c1-10(25)33-9-16(35-12(3)27)19(36-13(4)28)20-18(24-17(30)8-23)15(34-11(2)26)7-22(38-20,21(31)32-6)37-14(5)29/h15-16,18-20H,7-9H2,1-6H3,(H,24,30)/t15-,16+,18+,19-,20+,22?/m0/s1. The summed E-state index contributed by atoms with van der Waals surface area (Å²) in [5, 5.41) is 2.20. The van der Waals surface area contributed by atoms with Gasteiger partial charge in [-0.3, -0.25) is 28.8 Å². The summed E-state index contributed by atoms with van der Waals surface area (Å²) in [7, 11) is 0.926. The van der Waals surface area contributed by atoms with Gasteiger partial charge in [0, 0.05) is 34.6 Å². The molecule has 1 N–H and O–H groups in total. The lowest BCUT2D eigenvalue weighted by molar-refractivity contribution is -0.304. The molecule has 0 aromatic heterocycles. The van der Waals surface area contributed by atoms with Crippen LogP contribution < -0.4 is 5.32 Å². The SMILES string of the molecule is COC(=O)C1(OC(C)=O)C[C@H](OC(C)=O)[C@@H](NC(=O)CF)[C@H]([C@@H](OC(C)=O)[C@@H](COC(C)=O)OC(C)=O)O1. The smallest absolute Gasteiger partial charge is 0.379 e. The fourth-order valence-electron chi connectivity index (χ4n) is 3.72. The minimum Gasteiger partial charge on any atom is -0.464 e. The van der Waals surface area contributed by atoms with E-state index in [0.29, 0.717) is 0 Å². The Morgan fingerprint density at radius 1 is 0.921 bits per heavy atom. The Labute approximate surface area is 216 Å². The molecular weight excluding hydrogens is 521 g/mol. The summed E-state index contributed by atoms with van der Waals surface area (Å²) >= 11 is 0. The summed E-state index contributed by atoms with van der Waals surface area (Å²) in [6.45, 7) is 2.62. The fraction of sp³-hybridized carbons (Fsp3) is 0.682. The zero-order valence-electron chi connectivity index (χ0n) is 21.6. The first kappa shape index (κ1) is 32.2. The number of amides is 1. The Balaban J connectivity index is 3.86. The largest absolute Gasteiger partial charge is 0.464 e. The maximum atomic E-state index is 13.2. The molecule has 1 rings (SSSR count). The molecule has 0 saturated carbocycles. The first-order valence-corrected chi connectivity index (χ1v) is 11.1. The molecule has 0 aromatic rings. The van der Waals surface area contributed by atoms with Crippen LogP contribution >= 0.6 is 0 Å². The maximum absolute atomic E-state index is 13.2. The van der Waals surface area contributed by atoms with Gasteiger partial charge in [0.15, 0.2) is 18.9 Å². The summed E-state index contributed by atoms with van der Waals surface area (Å²) in [4.78, 5) is 84.1. The molecule has 1 fully saturated rings. The van der Waals surface area contributed by atoms with Crippen molar-refractivity contribution in [2.24, 2.45) is 0 Å². The van der Waals surface area contributed by atoms with E-state index in [-0.39, 0.29) is 0 Å². The highest BCUT2D eigenvalue weighted by atomic mass is 19.1. The monoisotopic (exact) mass is 551 g/mol. The van der Waals surface area contributed by atoms with Gasteiger partial charge in [-0.2, -0.15) is 0 Å². The van der Waals surface area contributed by atoms with Crippen molar-refractivity contribution in [2.45, 2.75) is 77.3 Å². The average Bonchev–Trinajstić information content (AvgIpc) is 2.79. The molecule has 38 heavy (non-hydrogen) atoms. The lowest BCUT2D eigenvalue weighted by atomic mass is 9.88. The van der Waals surface area contributed by atoms with Crippen LogP contribution in [0.1, 0.15) is 41.0 Å². The van der Waals surface area contributed by atoms with Crippen LogP contribution in [0, 0.1) is 0 Å². The van der Waals surface area contributed by atoms with Crippen molar-refractivity contribution < 1.29 is 71.1 Å². The molecule has 0 aliphatic carbocycles. The highest BCUT2D eigenvalue weighted by molar-refractivity contribution is 5.82. The topological polar surface area (TPSA) is 196 Å². The third-order valence-corrected chi connectivity index (χ3v) is 4.88. The van der Waals surface area contributed by atoms with E-state index in [1.807, 2.05) is 0 Å². The Bertz CT molecular complexity index is 939. The molecule has 6 atom stereocenters. The molecule has 0 aromatic carbocycles. The number of esters is 6. The summed E-state index contributed by atoms with van der Waals surface area (Å²) in [6.07, 6.45) is -7.64. The minimum absolute atomic E-state index is 0.715. The van der Waals surface area contributed by atoms with E-state index in [1.165, 1.54) is 0 Å². The average molecular weight is 551 g/mol. The molecule has 0 radical (unpaired) electrons. The number of nitrogens with one attached hydrogen (secondary N) is 1. The Hall–Kier alpha value is -3.82. The van der Waals surface area contributed by atoms with Crippen LogP contribution in [-0.2, 0) is 66.7 Å². The number of ether oxygens (including phenoxy) is 7. The molecular formula is C22H30FNO14. The summed E-state index contributed by atoms with van der Waals surface area (Å²) in [5.41, 5.74) is 0. The van der Waals surface area contributed by atoms with Crippen molar-refractivity contribution in [3.8, 4) is 0 Å². The van der Waals surface area contributed by atoms with Crippen molar-refractivity contribution in [3.63, 3.8) is 0 Å². The lowest BCUT2D eigenvalue weighted by Gasteiger charge is -2.48. The fourth-order valence-corrected chi connectivity index (χ4v) is 3.72. The number of rotatable bonds is 11. The van der Waals surface area contributed by atoms with Gasteiger partial charge >= 0.3 is 41.6 Å². The van der Waals surface area contributed by atoms with Crippen LogP contribution in [0.25, 0.3) is 0 Å². The summed E-state index contributed by atoms with van der Waals surface area (Å²) in [6, 6.07) is -1.59. The predicted molar refractivity (Wildman–Crippen MR) is 117 cm³/mol. The first-order valence-electron chi connectivity index (χ1n) is 11.1. The summed E-state index contributed by atoms with van der Waals surface area (Å²) < 4.78 is 49.4. The zero-order valence-corrected chi connectivity index (χ0v) is 21.6. The van der Waals surface area contributed by atoms with Gasteiger partial charge in [-0.15, -0.1) is 0 Å². The molecule has 0 bridgehead atoms. The second-order valence-corrected chi connectivity index (χ2v) is 8.02. The molecule has 1 unspecified atom stereocenters. The van der Waals surface area contributed by atoms with E-state index >= 15 is 0 Å². The maximum Gasteiger partial charge on any atom is 0.379 e. The molecule has 15 nitrogen and oxygen atoms in total. The van der Waals surface area contributed by atoms with E-state index in [9.17, 15) is 38.0 Å².